The highest BCUT2D eigenvalue weighted by Gasteiger charge is 2.13. The van der Waals surface area contributed by atoms with Gasteiger partial charge < -0.3 is 14.2 Å². The van der Waals surface area contributed by atoms with E-state index in [1.165, 1.54) is 31.0 Å². The van der Waals surface area contributed by atoms with Crippen molar-refractivity contribution in [2.24, 2.45) is 0 Å². The second kappa shape index (κ2) is 9.39. The molecule has 0 saturated heterocycles. The van der Waals surface area contributed by atoms with Crippen molar-refractivity contribution < 1.29 is 13.6 Å². The average molecular weight is 337 g/mol. The zero-order valence-electron chi connectivity index (χ0n) is 13.6. The fourth-order valence-corrected chi connectivity index (χ4v) is 2.74. The number of nitrogens with one attached hydrogen (secondary N) is 1. The van der Waals surface area contributed by atoms with Gasteiger partial charge in [-0.2, -0.15) is 0 Å². The van der Waals surface area contributed by atoms with Gasteiger partial charge in [-0.25, -0.2) is 0 Å². The summed E-state index contributed by atoms with van der Waals surface area (Å²) in [6, 6.07) is 3.69. The van der Waals surface area contributed by atoms with Gasteiger partial charge in [-0.15, -0.1) is 10.2 Å². The Hall–Kier alpha value is -1.76. The molecule has 2 rings (SSSR count). The fourth-order valence-electron chi connectivity index (χ4n) is 2.16. The molecule has 1 atom stereocenters. The lowest BCUT2D eigenvalue weighted by molar-refractivity contribution is -0.119. The van der Waals surface area contributed by atoms with Gasteiger partial charge in [-0.1, -0.05) is 44.4 Å². The van der Waals surface area contributed by atoms with Gasteiger partial charge in [0.2, 0.25) is 5.91 Å². The third-order valence-electron chi connectivity index (χ3n) is 3.36. The van der Waals surface area contributed by atoms with E-state index in [0.717, 1.165) is 12.8 Å². The second-order valence-corrected chi connectivity index (χ2v) is 6.38. The number of rotatable bonds is 10. The zero-order valence-corrected chi connectivity index (χ0v) is 14.4. The molecular weight excluding hydrogens is 314 g/mol. The van der Waals surface area contributed by atoms with Crippen LogP contribution in [0.1, 0.15) is 46.0 Å². The molecular formula is C16H23N3O3S. The molecule has 1 amide bonds. The lowest BCUT2D eigenvalue weighted by Crippen LogP contribution is -2.33. The van der Waals surface area contributed by atoms with Crippen molar-refractivity contribution in [2.75, 3.05) is 5.75 Å². The molecule has 0 aliphatic carbocycles. The molecule has 0 unspecified atom stereocenters. The van der Waals surface area contributed by atoms with Crippen LogP contribution < -0.4 is 5.32 Å². The Balaban J connectivity index is 1.68. The predicted molar refractivity (Wildman–Crippen MR) is 89.1 cm³/mol. The smallest absolute Gasteiger partial charge is 0.284 e. The summed E-state index contributed by atoms with van der Waals surface area (Å²) in [7, 11) is 0. The van der Waals surface area contributed by atoms with Gasteiger partial charge in [0, 0.05) is 6.04 Å². The number of nitrogens with zero attached hydrogens (tertiary/aromatic N) is 2. The Kier molecular flexibility index (Phi) is 7.19. The molecule has 0 radical (unpaired) electrons. The van der Waals surface area contributed by atoms with Crippen molar-refractivity contribution in [3.8, 4) is 11.7 Å². The zero-order chi connectivity index (χ0) is 16.5. The summed E-state index contributed by atoms with van der Waals surface area (Å²) in [5, 5.41) is 11.1. The Morgan fingerprint density at radius 3 is 2.96 bits per heavy atom. The molecule has 1 N–H and O–H groups in total. The molecule has 0 bridgehead atoms. The summed E-state index contributed by atoms with van der Waals surface area (Å²) in [5.74, 6) is 1.09. The third kappa shape index (κ3) is 6.09. The van der Waals surface area contributed by atoms with E-state index in [0.29, 0.717) is 16.9 Å². The van der Waals surface area contributed by atoms with Gasteiger partial charge >= 0.3 is 0 Å². The van der Waals surface area contributed by atoms with Crippen molar-refractivity contribution in [1.29, 1.82) is 0 Å². The molecule has 0 aromatic carbocycles. The van der Waals surface area contributed by atoms with Gasteiger partial charge in [0.25, 0.3) is 11.1 Å². The molecule has 0 fully saturated rings. The number of aromatic nitrogens is 2. The summed E-state index contributed by atoms with van der Waals surface area (Å²) in [4.78, 5) is 11.9. The maximum Gasteiger partial charge on any atom is 0.284 e. The van der Waals surface area contributed by atoms with E-state index in [2.05, 4.69) is 22.4 Å². The number of hydrogen-bond donors (Lipinski definition) is 1. The monoisotopic (exact) mass is 337 g/mol. The predicted octanol–water partition coefficient (Wildman–Crippen LogP) is 3.90. The van der Waals surface area contributed by atoms with Crippen LogP contribution in [0.4, 0.5) is 0 Å². The Bertz CT molecular complexity index is 583. The quantitative estimate of drug-likeness (QED) is 0.523. The lowest BCUT2D eigenvalue weighted by atomic mass is 10.1. The van der Waals surface area contributed by atoms with Crippen LogP contribution in [0.3, 0.4) is 0 Å². The normalized spacial score (nSPS) is 12.3. The average Bonchev–Trinajstić information content (AvgIpc) is 3.20. The van der Waals surface area contributed by atoms with Crippen molar-refractivity contribution in [3.63, 3.8) is 0 Å². The van der Waals surface area contributed by atoms with Gasteiger partial charge in [-0.3, -0.25) is 4.79 Å². The highest BCUT2D eigenvalue weighted by Crippen LogP contribution is 2.23. The van der Waals surface area contributed by atoms with E-state index in [4.69, 9.17) is 8.83 Å². The Morgan fingerprint density at radius 1 is 1.35 bits per heavy atom. The topological polar surface area (TPSA) is 81.2 Å². The maximum absolute atomic E-state index is 11.9. The molecule has 0 aliphatic rings. The van der Waals surface area contributed by atoms with Crippen molar-refractivity contribution in [2.45, 2.75) is 57.2 Å². The van der Waals surface area contributed by atoms with Crippen molar-refractivity contribution in [3.05, 3.63) is 18.4 Å². The number of carbonyl (C=O) groups is 1. The van der Waals surface area contributed by atoms with Crippen LogP contribution >= 0.6 is 11.8 Å². The Labute approximate surface area is 140 Å². The van der Waals surface area contributed by atoms with Gasteiger partial charge in [0.15, 0.2) is 5.76 Å². The number of carbonyl (C=O) groups excluding carboxylic acids is 1. The first-order valence-electron chi connectivity index (χ1n) is 7.98. The highest BCUT2D eigenvalue weighted by atomic mass is 32.2. The number of hydrogen-bond acceptors (Lipinski definition) is 6. The van der Waals surface area contributed by atoms with Crippen LogP contribution in [-0.4, -0.2) is 27.9 Å². The number of unbranched alkanes of at least 4 members (excludes halogenated alkanes) is 3. The van der Waals surface area contributed by atoms with Gasteiger partial charge in [0.1, 0.15) is 0 Å². The van der Waals surface area contributed by atoms with Crippen LogP contribution in [0, 0.1) is 0 Å². The van der Waals surface area contributed by atoms with E-state index in [-0.39, 0.29) is 17.7 Å². The number of furan rings is 1. The SMILES string of the molecule is CCCCCC[C@@H](C)NC(=O)CSc1nnc(-c2ccco2)o1. The summed E-state index contributed by atoms with van der Waals surface area (Å²) >= 11 is 1.23. The van der Waals surface area contributed by atoms with Gasteiger partial charge in [0.05, 0.1) is 12.0 Å². The van der Waals surface area contributed by atoms with Crippen LogP contribution in [-0.2, 0) is 4.79 Å². The minimum absolute atomic E-state index is 0.0178. The Morgan fingerprint density at radius 2 is 2.22 bits per heavy atom. The molecule has 2 aromatic heterocycles. The lowest BCUT2D eigenvalue weighted by Gasteiger charge is -2.13. The molecule has 2 heterocycles. The minimum atomic E-state index is -0.0178. The standard InChI is InChI=1S/C16H23N3O3S/c1-3-4-5-6-8-12(2)17-14(20)11-23-16-19-18-15(22-16)13-9-7-10-21-13/h7,9-10,12H,3-6,8,11H2,1-2H3,(H,17,20)/t12-/m1/s1. The molecule has 126 valence electrons. The summed E-state index contributed by atoms with van der Waals surface area (Å²) in [6.45, 7) is 4.23. The molecule has 2 aromatic rings. The van der Waals surface area contributed by atoms with E-state index in [9.17, 15) is 4.79 Å². The number of amides is 1. The van der Waals surface area contributed by atoms with Crippen LogP contribution in [0.5, 0.6) is 0 Å². The van der Waals surface area contributed by atoms with Gasteiger partial charge in [-0.05, 0) is 25.5 Å². The number of thioether (sulfide) groups is 1. The molecule has 7 heteroatoms. The van der Waals surface area contributed by atoms with Crippen LogP contribution in [0.25, 0.3) is 11.7 Å². The summed E-state index contributed by atoms with van der Waals surface area (Å²) < 4.78 is 10.6. The maximum atomic E-state index is 11.9. The van der Waals surface area contributed by atoms with E-state index in [1.807, 2.05) is 6.92 Å². The highest BCUT2D eigenvalue weighted by molar-refractivity contribution is 7.99. The molecule has 23 heavy (non-hydrogen) atoms. The molecule has 0 saturated carbocycles. The molecule has 0 aliphatic heterocycles. The molecule has 0 spiro atoms. The van der Waals surface area contributed by atoms with Crippen LogP contribution in [0.2, 0.25) is 0 Å². The van der Waals surface area contributed by atoms with E-state index < -0.39 is 0 Å². The first-order chi connectivity index (χ1) is 11.2. The first-order valence-corrected chi connectivity index (χ1v) is 8.97. The van der Waals surface area contributed by atoms with Crippen LogP contribution in [0.15, 0.2) is 32.5 Å². The van der Waals surface area contributed by atoms with Crippen molar-refractivity contribution >= 4 is 17.7 Å². The fraction of sp³-hybridized carbons (Fsp3) is 0.562. The van der Waals surface area contributed by atoms with Crippen molar-refractivity contribution in [1.82, 2.24) is 15.5 Å². The second-order valence-electron chi connectivity index (χ2n) is 5.46. The van der Waals surface area contributed by atoms with E-state index >= 15 is 0 Å². The van der Waals surface area contributed by atoms with E-state index in [1.54, 1.807) is 18.4 Å². The molecule has 6 nitrogen and oxygen atoms in total. The first kappa shape index (κ1) is 17.6. The summed E-state index contributed by atoms with van der Waals surface area (Å²) in [5.41, 5.74) is 0. The summed E-state index contributed by atoms with van der Waals surface area (Å²) in [6.07, 6.45) is 7.41. The largest absolute Gasteiger partial charge is 0.459 e. The minimum Gasteiger partial charge on any atom is -0.459 e. The third-order valence-corrected chi connectivity index (χ3v) is 4.18.